The van der Waals surface area contributed by atoms with E-state index in [9.17, 15) is 9.59 Å². The SMILES string of the molecule is CCC1C(=O)N2CCC2CN1C(=O)c1cc(OC)c2nc(CCc3cccc(Cl)c3)nn2c1. The van der Waals surface area contributed by atoms with E-state index in [0.29, 0.717) is 47.2 Å². The number of aromatic nitrogens is 3. The molecule has 2 amide bonds. The van der Waals surface area contributed by atoms with Crippen LogP contribution in [-0.2, 0) is 17.6 Å². The van der Waals surface area contributed by atoms with E-state index in [-0.39, 0.29) is 17.9 Å². The summed E-state index contributed by atoms with van der Waals surface area (Å²) in [5, 5.41) is 5.29. The molecule has 0 radical (unpaired) electrons. The predicted molar refractivity (Wildman–Crippen MR) is 124 cm³/mol. The number of nitrogens with zero attached hydrogens (tertiary/aromatic N) is 5. The lowest BCUT2D eigenvalue weighted by Crippen LogP contribution is -2.68. The number of benzene rings is 1. The van der Waals surface area contributed by atoms with E-state index >= 15 is 0 Å². The van der Waals surface area contributed by atoms with Gasteiger partial charge in [0.25, 0.3) is 5.91 Å². The second kappa shape index (κ2) is 8.67. The van der Waals surface area contributed by atoms with Gasteiger partial charge in [-0.1, -0.05) is 30.7 Å². The molecule has 2 aliphatic rings. The number of carbonyl (C=O) groups is 2. The standard InChI is InChI=1S/C24H26ClN5O3/c1-3-19-24(32)28-10-9-18(28)14-29(19)23(31)16-12-20(33-2)22-26-21(27-30(22)13-16)8-7-15-5-4-6-17(25)11-15/h4-6,11-13,18-19H,3,7-10,14H2,1-2H3. The molecule has 2 atom stereocenters. The normalized spacial score (nSPS) is 20.0. The number of piperazine rings is 1. The number of hydrogen-bond acceptors (Lipinski definition) is 5. The molecule has 0 saturated carbocycles. The lowest BCUT2D eigenvalue weighted by atomic mass is 9.94. The Morgan fingerprint density at radius 2 is 2.12 bits per heavy atom. The number of halogens is 1. The summed E-state index contributed by atoms with van der Waals surface area (Å²) in [4.78, 5) is 34.5. The summed E-state index contributed by atoms with van der Waals surface area (Å²) in [5.74, 6) is 0.995. The van der Waals surface area contributed by atoms with Crippen LogP contribution in [0.5, 0.6) is 5.75 Å². The number of amides is 2. The minimum absolute atomic E-state index is 0.0467. The van der Waals surface area contributed by atoms with Crippen LogP contribution in [0, 0.1) is 0 Å². The maximum atomic E-state index is 13.5. The summed E-state index contributed by atoms with van der Waals surface area (Å²) >= 11 is 6.08. The summed E-state index contributed by atoms with van der Waals surface area (Å²) in [6.07, 6.45) is 4.58. The monoisotopic (exact) mass is 467 g/mol. The summed E-state index contributed by atoms with van der Waals surface area (Å²) in [7, 11) is 1.55. The first kappa shape index (κ1) is 21.7. The van der Waals surface area contributed by atoms with Crippen molar-refractivity contribution >= 4 is 29.1 Å². The Morgan fingerprint density at radius 3 is 2.82 bits per heavy atom. The number of ether oxygens (including phenoxy) is 1. The van der Waals surface area contributed by atoms with E-state index < -0.39 is 6.04 Å². The van der Waals surface area contributed by atoms with Crippen molar-refractivity contribution in [1.29, 1.82) is 0 Å². The molecule has 2 unspecified atom stereocenters. The molecule has 0 spiro atoms. The zero-order chi connectivity index (χ0) is 23.1. The fraction of sp³-hybridized carbons (Fsp3) is 0.417. The Balaban J connectivity index is 1.41. The van der Waals surface area contributed by atoms with E-state index in [1.54, 1.807) is 28.8 Å². The van der Waals surface area contributed by atoms with Crippen LogP contribution in [0.3, 0.4) is 0 Å². The highest BCUT2D eigenvalue weighted by Gasteiger charge is 2.45. The summed E-state index contributed by atoms with van der Waals surface area (Å²) < 4.78 is 7.13. The maximum absolute atomic E-state index is 13.5. The van der Waals surface area contributed by atoms with Crippen LogP contribution in [0.4, 0.5) is 0 Å². The van der Waals surface area contributed by atoms with E-state index in [2.05, 4.69) is 10.1 Å². The molecule has 2 fully saturated rings. The molecule has 1 aromatic carbocycles. The Morgan fingerprint density at radius 1 is 1.27 bits per heavy atom. The third kappa shape index (κ3) is 3.93. The van der Waals surface area contributed by atoms with Crippen molar-refractivity contribution in [3.8, 4) is 5.75 Å². The van der Waals surface area contributed by atoms with E-state index in [1.165, 1.54) is 0 Å². The van der Waals surface area contributed by atoms with Gasteiger partial charge in [-0.25, -0.2) is 9.50 Å². The average molecular weight is 468 g/mol. The zero-order valence-corrected chi connectivity index (χ0v) is 19.5. The second-order valence-corrected chi connectivity index (χ2v) is 9.02. The number of aryl methyl sites for hydroxylation is 2. The van der Waals surface area contributed by atoms with Crippen LogP contribution < -0.4 is 4.74 Å². The van der Waals surface area contributed by atoms with Crippen LogP contribution in [0.25, 0.3) is 5.65 Å². The Labute approximate surface area is 197 Å². The molecule has 2 aromatic heterocycles. The number of hydrogen-bond donors (Lipinski definition) is 0. The molecule has 172 valence electrons. The molecule has 0 aliphatic carbocycles. The topological polar surface area (TPSA) is 80.0 Å². The van der Waals surface area contributed by atoms with Crippen LogP contribution in [0.1, 0.15) is 41.5 Å². The molecule has 4 heterocycles. The second-order valence-electron chi connectivity index (χ2n) is 8.58. The highest BCUT2D eigenvalue weighted by molar-refractivity contribution is 6.30. The van der Waals surface area contributed by atoms with Crippen molar-refractivity contribution < 1.29 is 14.3 Å². The van der Waals surface area contributed by atoms with Crippen LogP contribution in [-0.4, -0.2) is 68.5 Å². The van der Waals surface area contributed by atoms with Gasteiger partial charge in [-0.3, -0.25) is 9.59 Å². The van der Waals surface area contributed by atoms with Crippen molar-refractivity contribution in [2.75, 3.05) is 20.2 Å². The van der Waals surface area contributed by atoms with Gasteiger partial charge in [-0.2, -0.15) is 5.10 Å². The Hall–Kier alpha value is -3.13. The highest BCUT2D eigenvalue weighted by Crippen LogP contribution is 2.30. The van der Waals surface area contributed by atoms with Crippen LogP contribution >= 0.6 is 11.6 Å². The zero-order valence-electron chi connectivity index (χ0n) is 18.7. The lowest BCUT2D eigenvalue weighted by Gasteiger charge is -2.51. The van der Waals surface area contributed by atoms with Crippen molar-refractivity contribution in [3.63, 3.8) is 0 Å². The van der Waals surface area contributed by atoms with Gasteiger partial charge >= 0.3 is 0 Å². The number of carbonyl (C=O) groups excluding carboxylic acids is 2. The minimum Gasteiger partial charge on any atom is -0.493 e. The largest absolute Gasteiger partial charge is 0.493 e. The fourth-order valence-corrected chi connectivity index (χ4v) is 4.92. The summed E-state index contributed by atoms with van der Waals surface area (Å²) in [6, 6.07) is 9.11. The Kier molecular flexibility index (Phi) is 5.70. The van der Waals surface area contributed by atoms with Gasteiger partial charge in [0, 0.05) is 30.7 Å². The van der Waals surface area contributed by atoms with Gasteiger partial charge in [-0.05, 0) is 43.0 Å². The molecule has 33 heavy (non-hydrogen) atoms. The first-order valence-electron chi connectivity index (χ1n) is 11.3. The smallest absolute Gasteiger partial charge is 0.256 e. The van der Waals surface area contributed by atoms with Gasteiger partial charge in [-0.15, -0.1) is 0 Å². The van der Waals surface area contributed by atoms with Crippen molar-refractivity contribution in [2.45, 2.75) is 44.7 Å². The molecule has 2 saturated heterocycles. The molecule has 3 aromatic rings. The fourth-order valence-electron chi connectivity index (χ4n) is 4.71. The van der Waals surface area contributed by atoms with Crippen molar-refractivity contribution in [2.24, 2.45) is 0 Å². The van der Waals surface area contributed by atoms with Gasteiger partial charge in [0.05, 0.1) is 18.7 Å². The molecule has 0 bridgehead atoms. The maximum Gasteiger partial charge on any atom is 0.256 e. The number of rotatable bonds is 6. The van der Waals surface area contributed by atoms with Gasteiger partial charge in [0.1, 0.15) is 6.04 Å². The molecule has 5 rings (SSSR count). The first-order chi connectivity index (χ1) is 16.0. The van der Waals surface area contributed by atoms with Gasteiger partial charge in [0.2, 0.25) is 5.91 Å². The molecule has 8 nitrogen and oxygen atoms in total. The summed E-state index contributed by atoms with van der Waals surface area (Å²) in [5.41, 5.74) is 2.10. The van der Waals surface area contributed by atoms with Crippen molar-refractivity contribution in [3.05, 3.63) is 58.5 Å². The lowest BCUT2D eigenvalue weighted by molar-refractivity contribution is -0.151. The van der Waals surface area contributed by atoms with E-state index in [1.807, 2.05) is 36.1 Å². The predicted octanol–water partition coefficient (Wildman–Crippen LogP) is 3.01. The number of pyridine rings is 1. The molecule has 9 heteroatoms. The highest BCUT2D eigenvalue weighted by atomic mass is 35.5. The van der Waals surface area contributed by atoms with Gasteiger partial charge < -0.3 is 14.5 Å². The van der Waals surface area contributed by atoms with Gasteiger partial charge in [0.15, 0.2) is 17.2 Å². The minimum atomic E-state index is -0.431. The molecule has 2 aliphatic heterocycles. The number of methoxy groups -OCH3 is 1. The third-order valence-corrected chi connectivity index (χ3v) is 6.82. The van der Waals surface area contributed by atoms with Crippen LogP contribution in [0.2, 0.25) is 5.02 Å². The van der Waals surface area contributed by atoms with Crippen molar-refractivity contribution in [1.82, 2.24) is 24.4 Å². The third-order valence-electron chi connectivity index (χ3n) is 6.58. The molecular weight excluding hydrogens is 442 g/mol. The quantitative estimate of drug-likeness (QED) is 0.556. The first-order valence-corrected chi connectivity index (χ1v) is 11.7. The summed E-state index contributed by atoms with van der Waals surface area (Å²) in [6.45, 7) is 3.29. The molecule has 0 N–H and O–H groups in total. The Bertz CT molecular complexity index is 1230. The average Bonchev–Trinajstić information content (AvgIpc) is 3.21. The number of fused-ring (bicyclic) bond motifs is 2. The van der Waals surface area contributed by atoms with E-state index in [0.717, 1.165) is 24.9 Å². The molecular formula is C24H26ClN5O3. The van der Waals surface area contributed by atoms with Crippen LogP contribution in [0.15, 0.2) is 36.5 Å². The van der Waals surface area contributed by atoms with E-state index in [4.69, 9.17) is 16.3 Å².